The summed E-state index contributed by atoms with van der Waals surface area (Å²) < 4.78 is 59.6. The van der Waals surface area contributed by atoms with Crippen LogP contribution in [0.25, 0.3) is 0 Å². The Balaban J connectivity index is 0.000000633. The number of halogens is 3. The van der Waals surface area contributed by atoms with Crippen LogP contribution in [0.4, 0.5) is 13.2 Å². The largest absolute Gasteiger partial charge is 0.490 e. The molecule has 0 saturated heterocycles. The van der Waals surface area contributed by atoms with Crippen molar-refractivity contribution in [2.75, 3.05) is 12.0 Å². The number of ether oxygens (including phenoxy) is 1. The van der Waals surface area contributed by atoms with Crippen LogP contribution in [0.2, 0.25) is 0 Å². The van der Waals surface area contributed by atoms with E-state index in [0.717, 1.165) is 5.56 Å². The molecule has 0 fully saturated rings. The number of carboxylic acid groups (broad SMARTS) is 1. The van der Waals surface area contributed by atoms with E-state index in [4.69, 9.17) is 20.4 Å². The van der Waals surface area contributed by atoms with Gasteiger partial charge in [0.15, 0.2) is 5.78 Å². The van der Waals surface area contributed by atoms with E-state index in [0.29, 0.717) is 30.1 Å². The molecule has 0 unspecified atom stereocenters. The van der Waals surface area contributed by atoms with Crippen molar-refractivity contribution in [1.29, 1.82) is 0 Å². The van der Waals surface area contributed by atoms with Crippen LogP contribution in [-0.2, 0) is 27.8 Å². The molecule has 0 bridgehead atoms. The van der Waals surface area contributed by atoms with Gasteiger partial charge in [-0.3, -0.25) is 4.79 Å². The molecule has 0 aliphatic heterocycles. The molecule has 1 aromatic carbocycles. The lowest BCUT2D eigenvalue weighted by atomic mass is 10.0. The zero-order chi connectivity index (χ0) is 24.4. The Kier molecular flexibility index (Phi) is 10.2. The standard InChI is InChI=1S/C17H21N3O4S.C2HF3O2/c1-25(22,23)7-3-6-16(21)14-5-2-4-13(8-14)11-24-17-9-15(10-18)19-12-20-17;3-2(4,5)1(6)7/h2,4-5,8-9,12H,3,6-7,10-11,18H2,1H3;(H,6,7). The smallest absolute Gasteiger partial charge is 0.475 e. The van der Waals surface area contributed by atoms with Gasteiger partial charge < -0.3 is 15.6 Å². The third kappa shape index (κ3) is 10.8. The van der Waals surface area contributed by atoms with E-state index in [1.807, 2.05) is 6.07 Å². The molecule has 0 atom stereocenters. The quantitative estimate of drug-likeness (QED) is 0.518. The van der Waals surface area contributed by atoms with Crippen molar-refractivity contribution in [3.8, 4) is 5.88 Å². The predicted octanol–water partition coefficient (Wildman–Crippen LogP) is 2.16. The average molecular weight is 477 g/mol. The van der Waals surface area contributed by atoms with Gasteiger partial charge in [0.05, 0.1) is 11.4 Å². The molecule has 1 aromatic heterocycles. The Labute approximate surface area is 182 Å². The van der Waals surface area contributed by atoms with Crippen LogP contribution < -0.4 is 10.5 Å². The van der Waals surface area contributed by atoms with Crippen LogP contribution in [0, 0.1) is 0 Å². The molecule has 0 aliphatic rings. The van der Waals surface area contributed by atoms with Crippen LogP contribution in [0.15, 0.2) is 36.7 Å². The number of hydrogen-bond acceptors (Lipinski definition) is 8. The van der Waals surface area contributed by atoms with Crippen LogP contribution in [-0.4, -0.2) is 53.4 Å². The van der Waals surface area contributed by atoms with E-state index < -0.39 is 22.0 Å². The Morgan fingerprint density at radius 1 is 1.19 bits per heavy atom. The fourth-order valence-corrected chi connectivity index (χ4v) is 2.87. The third-order valence-electron chi connectivity index (χ3n) is 3.70. The molecule has 9 nitrogen and oxygen atoms in total. The Hall–Kier alpha value is -3.06. The first-order chi connectivity index (χ1) is 14.8. The summed E-state index contributed by atoms with van der Waals surface area (Å²) in [5, 5.41) is 7.12. The van der Waals surface area contributed by atoms with Crippen molar-refractivity contribution < 1.29 is 41.0 Å². The summed E-state index contributed by atoms with van der Waals surface area (Å²) >= 11 is 0. The molecule has 32 heavy (non-hydrogen) atoms. The number of carbonyl (C=O) groups is 2. The Morgan fingerprint density at radius 2 is 1.84 bits per heavy atom. The van der Waals surface area contributed by atoms with Crippen molar-refractivity contribution in [1.82, 2.24) is 9.97 Å². The molecule has 1 heterocycles. The van der Waals surface area contributed by atoms with E-state index in [1.165, 1.54) is 12.6 Å². The van der Waals surface area contributed by atoms with Crippen LogP contribution in [0.1, 0.15) is 34.5 Å². The molecule has 0 saturated carbocycles. The first-order valence-electron chi connectivity index (χ1n) is 9.05. The maximum atomic E-state index is 12.2. The number of sulfone groups is 1. The second-order valence-electron chi connectivity index (χ2n) is 6.50. The molecule has 176 valence electrons. The maximum Gasteiger partial charge on any atom is 0.490 e. The minimum absolute atomic E-state index is 0.0126. The van der Waals surface area contributed by atoms with Crippen molar-refractivity contribution in [2.24, 2.45) is 5.73 Å². The lowest BCUT2D eigenvalue weighted by Gasteiger charge is -2.07. The Bertz CT molecular complexity index is 1030. The molecule has 0 spiro atoms. The molecule has 3 N–H and O–H groups in total. The highest BCUT2D eigenvalue weighted by atomic mass is 32.2. The molecular weight excluding hydrogens is 455 g/mol. The van der Waals surface area contributed by atoms with Gasteiger partial charge in [-0.05, 0) is 18.1 Å². The van der Waals surface area contributed by atoms with Crippen molar-refractivity contribution in [3.63, 3.8) is 0 Å². The Morgan fingerprint density at radius 3 is 2.41 bits per heavy atom. The van der Waals surface area contributed by atoms with Gasteiger partial charge in [0.25, 0.3) is 0 Å². The van der Waals surface area contributed by atoms with Crippen LogP contribution >= 0.6 is 0 Å². The van der Waals surface area contributed by atoms with Crippen LogP contribution in [0.5, 0.6) is 5.88 Å². The van der Waals surface area contributed by atoms with Crippen molar-refractivity contribution >= 4 is 21.6 Å². The number of alkyl halides is 3. The normalized spacial score (nSPS) is 11.3. The molecule has 0 radical (unpaired) electrons. The van der Waals surface area contributed by atoms with Gasteiger partial charge in [-0.15, -0.1) is 0 Å². The van der Waals surface area contributed by atoms with Crippen molar-refractivity contribution in [3.05, 3.63) is 53.5 Å². The van der Waals surface area contributed by atoms with E-state index in [9.17, 15) is 26.4 Å². The summed E-state index contributed by atoms with van der Waals surface area (Å²) in [5.74, 6) is -2.41. The number of hydrogen-bond donors (Lipinski definition) is 2. The first-order valence-corrected chi connectivity index (χ1v) is 11.1. The lowest BCUT2D eigenvalue weighted by molar-refractivity contribution is -0.192. The minimum atomic E-state index is -5.08. The molecule has 13 heteroatoms. The van der Waals surface area contributed by atoms with Gasteiger partial charge in [0.1, 0.15) is 22.8 Å². The maximum absolute atomic E-state index is 12.2. The fraction of sp³-hybridized carbons (Fsp3) is 0.368. The summed E-state index contributed by atoms with van der Waals surface area (Å²) in [6.45, 7) is 0.557. The monoisotopic (exact) mass is 477 g/mol. The molecule has 0 amide bonds. The highest BCUT2D eigenvalue weighted by molar-refractivity contribution is 7.90. The second kappa shape index (κ2) is 12.1. The number of nitrogens with zero attached hydrogens (tertiary/aromatic N) is 2. The van der Waals surface area contributed by atoms with E-state index in [2.05, 4.69) is 9.97 Å². The topological polar surface area (TPSA) is 150 Å². The molecule has 2 aromatic rings. The van der Waals surface area contributed by atoms with Gasteiger partial charge in [-0.2, -0.15) is 13.2 Å². The zero-order valence-electron chi connectivity index (χ0n) is 17.0. The van der Waals surface area contributed by atoms with Gasteiger partial charge in [-0.1, -0.05) is 18.2 Å². The van der Waals surface area contributed by atoms with Gasteiger partial charge >= 0.3 is 12.1 Å². The predicted molar refractivity (Wildman–Crippen MR) is 108 cm³/mol. The van der Waals surface area contributed by atoms with Gasteiger partial charge in [-0.25, -0.2) is 23.2 Å². The average Bonchev–Trinajstić information content (AvgIpc) is 2.71. The number of carbonyl (C=O) groups excluding carboxylic acids is 1. The van der Waals surface area contributed by atoms with E-state index in [-0.39, 0.29) is 24.6 Å². The second-order valence-corrected chi connectivity index (χ2v) is 8.76. The summed E-state index contributed by atoms with van der Waals surface area (Å²) in [5.41, 5.74) is 7.57. The first kappa shape index (κ1) is 27.0. The number of nitrogens with two attached hydrogens (primary N) is 1. The summed E-state index contributed by atoms with van der Waals surface area (Å²) in [4.78, 5) is 29.1. The number of ketones is 1. The summed E-state index contributed by atoms with van der Waals surface area (Å²) in [6.07, 6.45) is -2.01. The number of aliphatic carboxylic acids is 1. The fourth-order valence-electron chi connectivity index (χ4n) is 2.20. The highest BCUT2D eigenvalue weighted by Crippen LogP contribution is 2.14. The molecule has 0 aliphatic carbocycles. The lowest BCUT2D eigenvalue weighted by Crippen LogP contribution is -2.21. The van der Waals surface area contributed by atoms with Gasteiger partial charge in [0.2, 0.25) is 5.88 Å². The van der Waals surface area contributed by atoms with E-state index in [1.54, 1.807) is 24.3 Å². The number of rotatable bonds is 9. The number of Topliss-reactive ketones (excluding diaryl/α,β-unsaturated/α-hetero) is 1. The van der Waals surface area contributed by atoms with Crippen LogP contribution in [0.3, 0.4) is 0 Å². The number of aromatic nitrogens is 2. The van der Waals surface area contributed by atoms with Crippen molar-refractivity contribution in [2.45, 2.75) is 32.2 Å². The molecular formula is C19H22F3N3O6S. The number of benzene rings is 1. The zero-order valence-corrected chi connectivity index (χ0v) is 17.8. The summed E-state index contributed by atoms with van der Waals surface area (Å²) in [6, 6.07) is 8.74. The third-order valence-corrected chi connectivity index (χ3v) is 4.74. The SMILES string of the molecule is CS(=O)(=O)CCCC(=O)c1cccc(COc2cc(CN)ncn2)c1.O=C(O)C(F)(F)F. The van der Waals surface area contributed by atoms with E-state index >= 15 is 0 Å². The molecule has 2 rings (SSSR count). The minimum Gasteiger partial charge on any atom is -0.475 e. The summed E-state index contributed by atoms with van der Waals surface area (Å²) in [7, 11) is -3.05. The number of carboxylic acids is 1. The highest BCUT2D eigenvalue weighted by Gasteiger charge is 2.38. The van der Waals surface area contributed by atoms with Gasteiger partial charge in [0, 0.05) is 30.9 Å².